The van der Waals surface area contributed by atoms with Crippen LogP contribution < -0.4 is 10.6 Å². The van der Waals surface area contributed by atoms with Gasteiger partial charge in [-0.15, -0.1) is 8.58 Å². The van der Waals surface area contributed by atoms with Crippen molar-refractivity contribution in [2.24, 2.45) is 11.8 Å². The molecule has 19 heavy (non-hydrogen) atoms. The zero-order chi connectivity index (χ0) is 13.5. The van der Waals surface area contributed by atoms with Gasteiger partial charge in [-0.05, 0) is 19.6 Å². The third-order valence-corrected chi connectivity index (χ3v) is 4.68. The third-order valence-electron chi connectivity index (χ3n) is 4.08. The molecule has 112 valence electrons. The van der Waals surface area contributed by atoms with Crippen LogP contribution in [0.15, 0.2) is 0 Å². The Morgan fingerprint density at radius 2 is 1.68 bits per heavy atom. The lowest BCUT2D eigenvalue weighted by atomic mass is 9.96. The first-order valence-electron chi connectivity index (χ1n) is 7.66. The predicted octanol–water partition coefficient (Wildman–Crippen LogP) is 1.26. The first-order chi connectivity index (χ1) is 9.36. The molecule has 0 bridgehead atoms. The summed E-state index contributed by atoms with van der Waals surface area (Å²) in [7, 11) is 0.975. The Balaban J connectivity index is 1.68. The van der Waals surface area contributed by atoms with E-state index in [-0.39, 0.29) is 0 Å². The average molecular weight is 288 g/mol. The maximum absolute atomic E-state index is 5.99. The molecule has 2 aliphatic rings. The normalized spacial score (nSPS) is 34.4. The van der Waals surface area contributed by atoms with Crippen molar-refractivity contribution in [2.75, 3.05) is 45.8 Å². The van der Waals surface area contributed by atoms with Crippen LogP contribution in [0.3, 0.4) is 0 Å². The van der Waals surface area contributed by atoms with E-state index in [1.54, 1.807) is 0 Å². The fraction of sp³-hybridized carbons (Fsp3) is 1.00. The van der Waals surface area contributed by atoms with Gasteiger partial charge in [0.2, 0.25) is 0 Å². The van der Waals surface area contributed by atoms with Crippen molar-refractivity contribution in [2.45, 2.75) is 32.0 Å². The minimum atomic E-state index is 0.324. The maximum Gasteiger partial charge on any atom is 0.0903 e. The number of hydrogen-bond donors (Lipinski definition) is 2. The van der Waals surface area contributed by atoms with Gasteiger partial charge in [0.25, 0.3) is 0 Å². The second kappa shape index (κ2) is 8.53. The number of rotatable bonds is 9. The Morgan fingerprint density at radius 3 is 2.26 bits per heavy atom. The van der Waals surface area contributed by atoms with Crippen LogP contribution >= 0.6 is 8.58 Å². The Labute approximate surface area is 119 Å². The molecule has 2 N–H and O–H groups in total. The molecule has 0 spiro atoms. The number of nitrogens with one attached hydrogen (secondary N) is 2. The lowest BCUT2D eigenvalue weighted by Crippen LogP contribution is -2.35. The van der Waals surface area contributed by atoms with Crippen LogP contribution in [0, 0.1) is 11.8 Å². The molecule has 0 radical (unpaired) electrons. The molecule has 2 fully saturated rings. The lowest BCUT2D eigenvalue weighted by molar-refractivity contribution is 0.0605. The summed E-state index contributed by atoms with van der Waals surface area (Å²) in [6, 6.07) is 0. The fourth-order valence-electron chi connectivity index (χ4n) is 2.98. The van der Waals surface area contributed by atoms with E-state index in [0.717, 1.165) is 47.7 Å². The average Bonchev–Trinajstić information content (AvgIpc) is 2.99. The largest absolute Gasteiger partial charge is 0.375 e. The van der Waals surface area contributed by atoms with Gasteiger partial charge < -0.3 is 20.1 Å². The monoisotopic (exact) mass is 288 g/mol. The molecule has 0 amide bonds. The van der Waals surface area contributed by atoms with Crippen LogP contribution in [0.25, 0.3) is 0 Å². The topological polar surface area (TPSA) is 42.5 Å². The van der Waals surface area contributed by atoms with Gasteiger partial charge in [0, 0.05) is 31.2 Å². The van der Waals surface area contributed by atoms with Crippen LogP contribution in [0.4, 0.5) is 0 Å². The van der Waals surface area contributed by atoms with E-state index in [1.165, 1.54) is 12.8 Å². The molecule has 0 saturated carbocycles. The lowest BCUT2D eigenvalue weighted by Gasteiger charge is -2.17. The van der Waals surface area contributed by atoms with Crippen LogP contribution in [0.2, 0.25) is 0 Å². The van der Waals surface area contributed by atoms with Crippen molar-refractivity contribution in [3.05, 3.63) is 0 Å². The van der Waals surface area contributed by atoms with E-state index >= 15 is 0 Å². The molecular weight excluding hydrogens is 259 g/mol. The molecule has 0 aliphatic carbocycles. The molecule has 5 heteroatoms. The van der Waals surface area contributed by atoms with Gasteiger partial charge in [-0.1, -0.05) is 13.3 Å². The van der Waals surface area contributed by atoms with Crippen LogP contribution in [-0.4, -0.2) is 58.0 Å². The van der Waals surface area contributed by atoms with Gasteiger partial charge in [-0.3, -0.25) is 0 Å². The standard InChI is InChI=1S/C14H29N2O2P/c1-3-4-5-15-6-11-8-17-14-12(7-16-10-19-2)9-18-13(11)14/h11-16,19H,3-10H2,1-2H3. The molecule has 0 aromatic heterocycles. The summed E-state index contributed by atoms with van der Waals surface area (Å²) in [4.78, 5) is 0. The van der Waals surface area contributed by atoms with E-state index in [2.05, 4.69) is 24.2 Å². The Bertz CT molecular complexity index is 256. The Kier molecular flexibility index (Phi) is 7.03. The summed E-state index contributed by atoms with van der Waals surface area (Å²) >= 11 is 0. The number of unbranched alkanes of at least 4 members (excludes halogenated alkanes) is 1. The third kappa shape index (κ3) is 4.37. The highest BCUT2D eigenvalue weighted by Crippen LogP contribution is 2.34. The second-order valence-corrected chi connectivity index (χ2v) is 6.72. The van der Waals surface area contributed by atoms with E-state index in [0.29, 0.717) is 24.0 Å². The minimum Gasteiger partial charge on any atom is -0.375 e. The number of ether oxygens (including phenoxy) is 2. The summed E-state index contributed by atoms with van der Waals surface area (Å²) in [6.45, 7) is 9.37. The van der Waals surface area contributed by atoms with E-state index in [4.69, 9.17) is 9.47 Å². The highest BCUT2D eigenvalue weighted by atomic mass is 31.1. The Morgan fingerprint density at radius 1 is 1.05 bits per heavy atom. The smallest absolute Gasteiger partial charge is 0.0903 e. The van der Waals surface area contributed by atoms with Crippen molar-refractivity contribution >= 4 is 8.58 Å². The molecule has 5 unspecified atom stereocenters. The van der Waals surface area contributed by atoms with Gasteiger partial charge in [-0.2, -0.15) is 0 Å². The van der Waals surface area contributed by atoms with E-state index in [1.807, 2.05) is 0 Å². The Hall–Kier alpha value is 0.270. The molecule has 2 rings (SSSR count). The van der Waals surface area contributed by atoms with Gasteiger partial charge >= 0.3 is 0 Å². The molecule has 2 heterocycles. The number of hydrogen-bond acceptors (Lipinski definition) is 4. The van der Waals surface area contributed by atoms with Gasteiger partial charge in [-0.25, -0.2) is 0 Å². The highest BCUT2D eigenvalue weighted by Gasteiger charge is 2.46. The SMILES string of the molecule is CCCCNCC1COC2C(CNCPC)COC12. The molecular formula is C14H29N2O2P. The summed E-state index contributed by atoms with van der Waals surface area (Å²) in [5, 5.41) is 7.03. The summed E-state index contributed by atoms with van der Waals surface area (Å²) in [6.07, 6.45) is 4.28. The van der Waals surface area contributed by atoms with Crippen molar-refractivity contribution in [3.8, 4) is 0 Å². The summed E-state index contributed by atoms with van der Waals surface area (Å²) in [5.74, 6) is 1.09. The molecule has 5 atom stereocenters. The van der Waals surface area contributed by atoms with Crippen LogP contribution in [-0.2, 0) is 9.47 Å². The second-order valence-electron chi connectivity index (χ2n) is 5.66. The highest BCUT2D eigenvalue weighted by molar-refractivity contribution is 7.36. The predicted molar refractivity (Wildman–Crippen MR) is 81.3 cm³/mol. The van der Waals surface area contributed by atoms with Crippen LogP contribution in [0.5, 0.6) is 0 Å². The van der Waals surface area contributed by atoms with Crippen molar-refractivity contribution in [1.29, 1.82) is 0 Å². The first kappa shape index (κ1) is 15.7. The van der Waals surface area contributed by atoms with Gasteiger partial charge in [0.1, 0.15) is 0 Å². The summed E-state index contributed by atoms with van der Waals surface area (Å²) in [5.41, 5.74) is 0. The molecule has 4 nitrogen and oxygen atoms in total. The quantitative estimate of drug-likeness (QED) is 0.495. The van der Waals surface area contributed by atoms with Crippen molar-refractivity contribution < 1.29 is 9.47 Å². The van der Waals surface area contributed by atoms with E-state index < -0.39 is 0 Å². The molecule has 2 aliphatic heterocycles. The number of fused-ring (bicyclic) bond motifs is 1. The van der Waals surface area contributed by atoms with Gasteiger partial charge in [0.15, 0.2) is 0 Å². The molecule has 0 aromatic rings. The zero-order valence-electron chi connectivity index (χ0n) is 12.3. The fourth-order valence-corrected chi connectivity index (χ4v) is 3.37. The van der Waals surface area contributed by atoms with Crippen LogP contribution in [0.1, 0.15) is 19.8 Å². The maximum atomic E-state index is 5.99. The first-order valence-corrected chi connectivity index (χ1v) is 9.36. The van der Waals surface area contributed by atoms with Crippen molar-refractivity contribution in [1.82, 2.24) is 10.6 Å². The molecule has 2 saturated heterocycles. The molecule has 0 aromatic carbocycles. The van der Waals surface area contributed by atoms with Gasteiger partial charge in [0.05, 0.1) is 25.4 Å². The minimum absolute atomic E-state index is 0.324. The zero-order valence-corrected chi connectivity index (χ0v) is 13.3. The van der Waals surface area contributed by atoms with Crippen molar-refractivity contribution in [3.63, 3.8) is 0 Å². The van der Waals surface area contributed by atoms with E-state index in [9.17, 15) is 0 Å². The summed E-state index contributed by atoms with van der Waals surface area (Å²) < 4.78 is 12.0.